The monoisotopic (exact) mass is 380 g/mol. The van der Waals surface area contributed by atoms with Crippen molar-refractivity contribution in [1.29, 1.82) is 0 Å². The summed E-state index contributed by atoms with van der Waals surface area (Å²) < 4.78 is 7.20. The van der Waals surface area contributed by atoms with Crippen molar-refractivity contribution in [3.8, 4) is 11.6 Å². The van der Waals surface area contributed by atoms with Gasteiger partial charge in [-0.3, -0.25) is 4.79 Å². The molecule has 2 aromatic heterocycles. The zero-order valence-electron chi connectivity index (χ0n) is 16.1. The summed E-state index contributed by atoms with van der Waals surface area (Å²) in [6, 6.07) is 8.25. The van der Waals surface area contributed by atoms with Gasteiger partial charge in [0.2, 0.25) is 11.9 Å². The molecule has 28 heavy (non-hydrogen) atoms. The number of nitrogens with zero attached hydrogens (tertiary/aromatic N) is 4. The van der Waals surface area contributed by atoms with Crippen molar-refractivity contribution in [2.24, 2.45) is 0 Å². The molecule has 2 heterocycles. The van der Waals surface area contributed by atoms with Crippen LogP contribution in [-0.2, 0) is 4.79 Å². The zero-order chi connectivity index (χ0) is 19.5. The summed E-state index contributed by atoms with van der Waals surface area (Å²) in [6.45, 7) is 1.57. The Kier molecular flexibility index (Phi) is 5.10. The Bertz CT molecular complexity index is 978. The average Bonchev–Trinajstić information content (AvgIpc) is 3.13. The molecular weight excluding hydrogens is 356 g/mol. The maximum absolute atomic E-state index is 11.2. The topological polar surface area (TPSA) is 94.0 Å². The molecule has 1 saturated carbocycles. The molecule has 2 N–H and O–H groups in total. The zero-order valence-corrected chi connectivity index (χ0v) is 16.1. The van der Waals surface area contributed by atoms with Crippen LogP contribution in [-0.4, -0.2) is 44.8 Å². The van der Waals surface area contributed by atoms with E-state index in [4.69, 9.17) is 4.74 Å². The molecule has 0 spiro atoms. The number of amides is 1. The molecule has 4 rings (SSSR count). The number of hydrogen-bond donors (Lipinski definition) is 2. The van der Waals surface area contributed by atoms with Gasteiger partial charge in [0.25, 0.3) is 0 Å². The van der Waals surface area contributed by atoms with E-state index in [-0.39, 0.29) is 11.9 Å². The molecule has 8 heteroatoms. The average molecular weight is 380 g/mol. The molecule has 8 nitrogen and oxygen atoms in total. The normalized spacial score (nSPS) is 19.4. The lowest BCUT2D eigenvalue weighted by molar-refractivity contribution is -0.119. The fraction of sp³-hybridized carbons (Fsp3) is 0.400. The molecule has 0 radical (unpaired) electrons. The van der Waals surface area contributed by atoms with E-state index < -0.39 is 0 Å². The molecule has 1 fully saturated rings. The van der Waals surface area contributed by atoms with Crippen molar-refractivity contribution in [2.75, 3.05) is 12.4 Å². The predicted molar refractivity (Wildman–Crippen MR) is 107 cm³/mol. The second kappa shape index (κ2) is 7.84. The number of anilines is 1. The summed E-state index contributed by atoms with van der Waals surface area (Å²) in [5.74, 6) is 2.11. The van der Waals surface area contributed by atoms with Gasteiger partial charge in [-0.2, -0.15) is 10.1 Å². The Morgan fingerprint density at radius 1 is 1.18 bits per heavy atom. The summed E-state index contributed by atoms with van der Waals surface area (Å²) in [6.07, 6.45) is 7.38. The highest BCUT2D eigenvalue weighted by atomic mass is 16.5. The first-order chi connectivity index (χ1) is 13.6. The lowest BCUT2D eigenvalue weighted by Gasteiger charge is -2.29. The van der Waals surface area contributed by atoms with Gasteiger partial charge in [-0.25, -0.2) is 9.67 Å². The first kappa shape index (κ1) is 18.2. The molecule has 1 aliphatic rings. The van der Waals surface area contributed by atoms with Crippen molar-refractivity contribution in [3.05, 3.63) is 36.7 Å². The number of ether oxygens (including phenoxy) is 1. The summed E-state index contributed by atoms with van der Waals surface area (Å²) in [4.78, 5) is 20.2. The minimum Gasteiger partial charge on any atom is -0.496 e. The molecule has 1 aliphatic carbocycles. The maximum atomic E-state index is 11.2. The van der Waals surface area contributed by atoms with Gasteiger partial charge in [-0.1, -0.05) is 6.07 Å². The van der Waals surface area contributed by atoms with Crippen LogP contribution >= 0.6 is 0 Å². The van der Waals surface area contributed by atoms with Crippen molar-refractivity contribution in [1.82, 2.24) is 25.1 Å². The van der Waals surface area contributed by atoms with Gasteiger partial charge < -0.3 is 15.4 Å². The number of hydrogen-bond acceptors (Lipinski definition) is 6. The quantitative estimate of drug-likeness (QED) is 0.707. The van der Waals surface area contributed by atoms with E-state index in [1.54, 1.807) is 31.1 Å². The molecule has 1 amide bonds. The number of carbonyl (C=O) groups is 1. The molecule has 0 saturated heterocycles. The third-order valence-electron chi connectivity index (χ3n) is 5.12. The Hall–Kier alpha value is -3.16. The Morgan fingerprint density at radius 3 is 2.71 bits per heavy atom. The Labute approximate surface area is 163 Å². The number of nitrogens with one attached hydrogen (secondary N) is 2. The fourth-order valence-corrected chi connectivity index (χ4v) is 3.77. The maximum Gasteiger partial charge on any atom is 0.224 e. The second-order valence-electron chi connectivity index (χ2n) is 7.08. The fourth-order valence-electron chi connectivity index (χ4n) is 3.77. The molecule has 0 bridgehead atoms. The summed E-state index contributed by atoms with van der Waals surface area (Å²) in [5.41, 5.74) is 0.930. The van der Waals surface area contributed by atoms with E-state index in [0.717, 1.165) is 42.3 Å². The van der Waals surface area contributed by atoms with Crippen molar-refractivity contribution in [3.63, 3.8) is 0 Å². The lowest BCUT2D eigenvalue weighted by atomic mass is 9.91. The van der Waals surface area contributed by atoms with Crippen LogP contribution < -0.4 is 15.4 Å². The Balaban J connectivity index is 1.49. The Morgan fingerprint density at radius 2 is 1.96 bits per heavy atom. The minimum atomic E-state index is 0.0375. The third kappa shape index (κ3) is 3.76. The van der Waals surface area contributed by atoms with Crippen LogP contribution in [0.25, 0.3) is 16.7 Å². The highest BCUT2D eigenvalue weighted by Crippen LogP contribution is 2.27. The summed E-state index contributed by atoms with van der Waals surface area (Å²) >= 11 is 0. The highest BCUT2D eigenvalue weighted by molar-refractivity contribution is 5.86. The van der Waals surface area contributed by atoms with Gasteiger partial charge in [0.1, 0.15) is 5.75 Å². The molecule has 0 aliphatic heterocycles. The molecular formula is C20H24N6O2. The highest BCUT2D eigenvalue weighted by Gasteiger charge is 2.22. The van der Waals surface area contributed by atoms with E-state index in [9.17, 15) is 4.79 Å². The van der Waals surface area contributed by atoms with Crippen LogP contribution in [0, 0.1) is 0 Å². The standard InChI is InChI=1S/C20H24N6O2/c1-13(27)23-14-6-8-15(9-7-14)24-20-21-11-10-19(25-20)26-17-4-3-5-18(28-2)16(17)12-22-26/h3-5,10-12,14-15H,6-9H2,1-2H3,(H,23,27)(H,21,24,25). The van der Waals surface area contributed by atoms with Gasteiger partial charge >= 0.3 is 0 Å². The number of carbonyl (C=O) groups excluding carboxylic acids is 1. The molecule has 1 aromatic carbocycles. The van der Waals surface area contributed by atoms with E-state index >= 15 is 0 Å². The number of rotatable bonds is 5. The van der Waals surface area contributed by atoms with Gasteiger partial charge in [0.15, 0.2) is 5.82 Å². The van der Waals surface area contributed by atoms with Gasteiger partial charge in [0, 0.05) is 31.3 Å². The van der Waals surface area contributed by atoms with Crippen LogP contribution in [0.2, 0.25) is 0 Å². The van der Waals surface area contributed by atoms with Crippen LogP contribution in [0.4, 0.5) is 5.95 Å². The smallest absolute Gasteiger partial charge is 0.224 e. The second-order valence-corrected chi connectivity index (χ2v) is 7.08. The van der Waals surface area contributed by atoms with E-state index in [1.807, 2.05) is 24.3 Å². The van der Waals surface area contributed by atoms with E-state index in [2.05, 4.69) is 25.7 Å². The van der Waals surface area contributed by atoms with Crippen LogP contribution in [0.3, 0.4) is 0 Å². The third-order valence-corrected chi connectivity index (χ3v) is 5.12. The number of methoxy groups -OCH3 is 1. The molecule has 0 unspecified atom stereocenters. The van der Waals surface area contributed by atoms with Crippen molar-refractivity contribution < 1.29 is 9.53 Å². The first-order valence-electron chi connectivity index (χ1n) is 9.52. The molecule has 3 aromatic rings. The van der Waals surface area contributed by atoms with Crippen molar-refractivity contribution in [2.45, 2.75) is 44.7 Å². The first-order valence-corrected chi connectivity index (χ1v) is 9.52. The number of benzene rings is 1. The SMILES string of the molecule is COc1cccc2c1cnn2-c1ccnc(NC2CCC(NC(C)=O)CC2)n1. The predicted octanol–water partition coefficient (Wildman–Crippen LogP) is 2.68. The van der Waals surface area contributed by atoms with Gasteiger partial charge in [-0.15, -0.1) is 0 Å². The van der Waals surface area contributed by atoms with Crippen LogP contribution in [0.5, 0.6) is 5.75 Å². The summed E-state index contributed by atoms with van der Waals surface area (Å²) in [5, 5.41) is 11.8. The number of fused-ring (bicyclic) bond motifs is 1. The van der Waals surface area contributed by atoms with Crippen molar-refractivity contribution >= 4 is 22.8 Å². The molecule has 146 valence electrons. The molecule has 0 atom stereocenters. The minimum absolute atomic E-state index is 0.0375. The summed E-state index contributed by atoms with van der Waals surface area (Å²) in [7, 11) is 1.65. The van der Waals surface area contributed by atoms with E-state index in [0.29, 0.717) is 17.8 Å². The van der Waals surface area contributed by atoms with Gasteiger partial charge in [-0.05, 0) is 37.8 Å². The largest absolute Gasteiger partial charge is 0.496 e. The van der Waals surface area contributed by atoms with Crippen LogP contribution in [0.15, 0.2) is 36.7 Å². The number of aromatic nitrogens is 4. The van der Waals surface area contributed by atoms with E-state index in [1.165, 1.54) is 0 Å². The van der Waals surface area contributed by atoms with Gasteiger partial charge in [0.05, 0.1) is 24.2 Å². The lowest BCUT2D eigenvalue weighted by Crippen LogP contribution is -2.39. The van der Waals surface area contributed by atoms with Crippen LogP contribution in [0.1, 0.15) is 32.6 Å².